The lowest BCUT2D eigenvalue weighted by atomic mass is 9.80. The van der Waals surface area contributed by atoms with E-state index in [0.717, 1.165) is 11.4 Å². The van der Waals surface area contributed by atoms with Gasteiger partial charge in [-0.15, -0.1) is 0 Å². The molecule has 0 atom stereocenters. The zero-order chi connectivity index (χ0) is 25.3. The zero-order valence-electron chi connectivity index (χ0n) is 21.7. The van der Waals surface area contributed by atoms with Crippen molar-refractivity contribution < 1.29 is 4.57 Å². The van der Waals surface area contributed by atoms with Crippen LogP contribution >= 0.6 is 0 Å². The number of aryl methyl sites for hydroxylation is 2. The van der Waals surface area contributed by atoms with E-state index in [4.69, 9.17) is 4.98 Å². The summed E-state index contributed by atoms with van der Waals surface area (Å²) in [5.74, 6) is 0. The smallest absolute Gasteiger partial charge is 0.212 e. The number of hydrogen-bond acceptors (Lipinski definition) is 1. The van der Waals surface area contributed by atoms with Gasteiger partial charge in [0.25, 0.3) is 0 Å². The largest absolute Gasteiger partial charge is 0.251 e. The molecule has 2 nitrogen and oxygen atoms in total. The molecule has 1 aliphatic rings. The predicted octanol–water partition coefficient (Wildman–Crippen LogP) is 8.16. The van der Waals surface area contributed by atoms with E-state index in [1.54, 1.807) is 0 Å². The number of pyridine rings is 2. The Bertz CT molecular complexity index is 1880. The third-order valence-corrected chi connectivity index (χ3v) is 8.17. The molecule has 0 saturated carbocycles. The minimum atomic E-state index is -0.225. The molecule has 0 saturated heterocycles. The van der Waals surface area contributed by atoms with Gasteiger partial charge in [0.1, 0.15) is 7.05 Å². The quantitative estimate of drug-likeness (QED) is 0.182. The van der Waals surface area contributed by atoms with E-state index >= 15 is 0 Å². The van der Waals surface area contributed by atoms with E-state index in [9.17, 15) is 0 Å². The van der Waals surface area contributed by atoms with Crippen molar-refractivity contribution in [3.8, 4) is 33.6 Å². The number of benzene rings is 4. The molecule has 0 bridgehead atoms. The summed E-state index contributed by atoms with van der Waals surface area (Å²) in [5, 5.41) is 5.05. The summed E-state index contributed by atoms with van der Waals surface area (Å²) in [4.78, 5) is 5.43. The van der Waals surface area contributed by atoms with Gasteiger partial charge in [-0.05, 0) is 63.4 Å². The molecule has 1 aliphatic carbocycles. The predicted molar refractivity (Wildman–Crippen MR) is 154 cm³/mol. The molecule has 37 heavy (non-hydrogen) atoms. The number of fused-ring (bicyclic) bond motifs is 6. The molecule has 0 amide bonds. The number of nitrogens with zero attached hydrogens (tertiary/aromatic N) is 2. The van der Waals surface area contributed by atoms with Gasteiger partial charge in [-0.2, -0.15) is 0 Å². The van der Waals surface area contributed by atoms with Gasteiger partial charge in [-0.3, -0.25) is 4.98 Å². The van der Waals surface area contributed by atoms with Crippen LogP contribution in [-0.4, -0.2) is 4.98 Å². The zero-order valence-corrected chi connectivity index (χ0v) is 21.7. The summed E-state index contributed by atoms with van der Waals surface area (Å²) in [6.07, 6.45) is 2.13. The maximum Gasteiger partial charge on any atom is 0.212 e. The average Bonchev–Trinajstić information content (AvgIpc) is 3.15. The van der Waals surface area contributed by atoms with Gasteiger partial charge in [-0.25, -0.2) is 4.57 Å². The monoisotopic (exact) mass is 477 g/mol. The summed E-state index contributed by atoms with van der Waals surface area (Å²) in [6.45, 7) is 6.89. The van der Waals surface area contributed by atoms with Gasteiger partial charge < -0.3 is 0 Å². The van der Waals surface area contributed by atoms with Crippen LogP contribution in [0.3, 0.4) is 0 Å². The molecular weight excluding hydrogens is 448 g/mol. The Morgan fingerprint density at radius 2 is 1.38 bits per heavy atom. The Morgan fingerprint density at radius 1 is 0.676 bits per heavy atom. The molecule has 6 aromatic rings. The van der Waals surface area contributed by atoms with E-state index in [-0.39, 0.29) is 5.41 Å². The van der Waals surface area contributed by atoms with Crippen molar-refractivity contribution >= 4 is 21.5 Å². The summed E-state index contributed by atoms with van der Waals surface area (Å²) in [6, 6.07) is 35.2. The highest BCUT2D eigenvalue weighted by atomic mass is 14.9. The molecule has 0 spiro atoms. The second-order valence-corrected chi connectivity index (χ2v) is 10.8. The van der Waals surface area contributed by atoms with E-state index in [0.29, 0.717) is 0 Å². The van der Waals surface area contributed by atoms with Gasteiger partial charge >= 0.3 is 0 Å². The molecule has 2 aromatic heterocycles. The standard InChI is InChI=1S/C35H29N2/c1-22-16-17-27-28-18-19-30(29-21-23-11-5-6-12-24(23)25-13-7-8-14-26(25)29)36-34(28)35(2,3)33(27)32(22)31-15-9-10-20-37(31)4/h5-21H,1-4H3/q+1. The maximum absolute atomic E-state index is 5.43. The fourth-order valence-electron chi connectivity index (χ4n) is 6.38. The molecule has 0 radical (unpaired) electrons. The lowest BCUT2D eigenvalue weighted by Crippen LogP contribution is -2.31. The van der Waals surface area contributed by atoms with Crippen molar-refractivity contribution in [2.75, 3.05) is 0 Å². The van der Waals surface area contributed by atoms with Crippen LogP contribution in [0.1, 0.15) is 30.7 Å². The van der Waals surface area contributed by atoms with E-state index in [1.807, 2.05) is 0 Å². The third-order valence-electron chi connectivity index (χ3n) is 8.17. The number of hydrogen-bond donors (Lipinski definition) is 0. The molecule has 4 aromatic carbocycles. The number of rotatable bonds is 2. The summed E-state index contributed by atoms with van der Waals surface area (Å²) in [7, 11) is 2.13. The van der Waals surface area contributed by atoms with Gasteiger partial charge in [0.2, 0.25) is 5.69 Å². The van der Waals surface area contributed by atoms with Crippen LogP contribution in [0, 0.1) is 6.92 Å². The summed E-state index contributed by atoms with van der Waals surface area (Å²) >= 11 is 0. The fourth-order valence-corrected chi connectivity index (χ4v) is 6.38. The highest BCUT2D eigenvalue weighted by Gasteiger charge is 2.41. The van der Waals surface area contributed by atoms with Crippen LogP contribution in [0.5, 0.6) is 0 Å². The Kier molecular flexibility index (Phi) is 4.65. The number of aromatic nitrogens is 2. The Labute approximate surface area is 217 Å². The average molecular weight is 478 g/mol. The molecule has 0 N–H and O–H groups in total. The highest BCUT2D eigenvalue weighted by molar-refractivity contribution is 6.13. The van der Waals surface area contributed by atoms with E-state index in [2.05, 4.69) is 136 Å². The molecule has 0 unspecified atom stereocenters. The van der Waals surface area contributed by atoms with Gasteiger partial charge in [0.05, 0.1) is 17.0 Å². The molecule has 0 aliphatic heterocycles. The van der Waals surface area contributed by atoms with Crippen molar-refractivity contribution in [1.29, 1.82) is 0 Å². The van der Waals surface area contributed by atoms with Crippen LogP contribution < -0.4 is 4.57 Å². The van der Waals surface area contributed by atoms with Crippen molar-refractivity contribution in [3.05, 3.63) is 120 Å². The first-order valence-electron chi connectivity index (χ1n) is 13.0. The summed E-state index contributed by atoms with van der Waals surface area (Å²) < 4.78 is 2.22. The van der Waals surface area contributed by atoms with Crippen LogP contribution in [-0.2, 0) is 12.5 Å². The van der Waals surface area contributed by atoms with E-state index < -0.39 is 0 Å². The van der Waals surface area contributed by atoms with Gasteiger partial charge in [0.15, 0.2) is 6.20 Å². The molecule has 7 rings (SSSR count). The Morgan fingerprint density at radius 3 is 2.19 bits per heavy atom. The minimum Gasteiger partial charge on any atom is -0.251 e. The first kappa shape index (κ1) is 21.9. The highest BCUT2D eigenvalue weighted by Crippen LogP contribution is 2.52. The maximum atomic E-state index is 5.43. The van der Waals surface area contributed by atoms with E-state index in [1.165, 1.54) is 60.6 Å². The lowest BCUT2D eigenvalue weighted by molar-refractivity contribution is -0.660. The molecule has 2 heterocycles. The molecule has 2 heteroatoms. The Balaban J connectivity index is 1.48. The van der Waals surface area contributed by atoms with Crippen LogP contribution in [0.4, 0.5) is 0 Å². The molecular formula is C35H29N2+. The second-order valence-electron chi connectivity index (χ2n) is 10.8. The van der Waals surface area contributed by atoms with Crippen molar-refractivity contribution in [1.82, 2.24) is 4.98 Å². The van der Waals surface area contributed by atoms with Crippen LogP contribution in [0.2, 0.25) is 0 Å². The van der Waals surface area contributed by atoms with Crippen molar-refractivity contribution in [3.63, 3.8) is 0 Å². The minimum absolute atomic E-state index is 0.225. The SMILES string of the molecule is Cc1ccc2c(c1-c1cccc[n+]1C)C(C)(C)c1nc(-c3cc4ccccc4c4ccccc34)ccc1-2. The Hall–Kier alpha value is -4.30. The molecule has 0 fully saturated rings. The van der Waals surface area contributed by atoms with Gasteiger partial charge in [0, 0.05) is 28.7 Å². The first-order chi connectivity index (χ1) is 17.9. The fraction of sp³-hybridized carbons (Fsp3) is 0.143. The van der Waals surface area contributed by atoms with Crippen LogP contribution in [0.15, 0.2) is 103 Å². The van der Waals surface area contributed by atoms with Crippen molar-refractivity contribution in [2.24, 2.45) is 7.05 Å². The summed E-state index contributed by atoms with van der Waals surface area (Å²) in [5.41, 5.74) is 10.9. The van der Waals surface area contributed by atoms with Crippen molar-refractivity contribution in [2.45, 2.75) is 26.2 Å². The first-order valence-corrected chi connectivity index (χ1v) is 13.0. The van der Waals surface area contributed by atoms with Gasteiger partial charge in [-0.1, -0.05) is 80.6 Å². The third kappa shape index (κ3) is 3.12. The van der Waals surface area contributed by atoms with Crippen LogP contribution in [0.25, 0.3) is 55.2 Å². The topological polar surface area (TPSA) is 16.8 Å². The molecule has 178 valence electrons. The second kappa shape index (κ2) is 7.85. The lowest BCUT2D eigenvalue weighted by Gasteiger charge is -2.24. The normalized spacial score (nSPS) is 13.6.